The number of nitrogens with one attached hydrogen (secondary N) is 1. The van der Waals surface area contributed by atoms with Crippen molar-refractivity contribution in [2.75, 3.05) is 13.1 Å². The van der Waals surface area contributed by atoms with Gasteiger partial charge in [0.25, 0.3) is 5.91 Å². The fourth-order valence-corrected chi connectivity index (χ4v) is 3.27. The molecular formula is C15H17FN4OS. The zero-order valence-corrected chi connectivity index (χ0v) is 12.8. The van der Waals surface area contributed by atoms with Crippen molar-refractivity contribution in [1.29, 1.82) is 0 Å². The molecule has 1 amide bonds. The Labute approximate surface area is 132 Å². The average molecular weight is 320 g/mol. The Balaban J connectivity index is 1.57. The van der Waals surface area contributed by atoms with Gasteiger partial charge in [-0.2, -0.15) is 0 Å². The van der Waals surface area contributed by atoms with Crippen LogP contribution in [0, 0.1) is 0 Å². The Morgan fingerprint density at radius 2 is 2.32 bits per heavy atom. The number of thiazole rings is 1. The van der Waals surface area contributed by atoms with Crippen molar-refractivity contribution in [1.82, 2.24) is 20.2 Å². The van der Waals surface area contributed by atoms with Crippen LogP contribution in [0.4, 0.5) is 4.39 Å². The summed E-state index contributed by atoms with van der Waals surface area (Å²) in [6.45, 7) is 1.44. The molecule has 7 heteroatoms. The zero-order valence-electron chi connectivity index (χ0n) is 12.0. The lowest BCUT2D eigenvalue weighted by Gasteiger charge is -2.23. The number of halogens is 1. The highest BCUT2D eigenvalue weighted by molar-refractivity contribution is 7.09. The van der Waals surface area contributed by atoms with Crippen LogP contribution in [0.25, 0.3) is 0 Å². The van der Waals surface area contributed by atoms with Crippen LogP contribution < -0.4 is 5.32 Å². The number of carbonyl (C=O) groups excluding carboxylic acids is 1. The van der Waals surface area contributed by atoms with E-state index in [1.165, 1.54) is 0 Å². The molecule has 22 heavy (non-hydrogen) atoms. The largest absolute Gasteiger partial charge is 0.349 e. The van der Waals surface area contributed by atoms with Crippen molar-refractivity contribution in [3.8, 4) is 0 Å². The minimum absolute atomic E-state index is 0.00781. The zero-order chi connectivity index (χ0) is 15.4. The molecular weight excluding hydrogens is 303 g/mol. The molecule has 116 valence electrons. The molecule has 2 atom stereocenters. The molecule has 0 bridgehead atoms. The molecule has 2 aromatic heterocycles. The Hall–Kier alpha value is -1.86. The SMILES string of the molecule is O=C(NC[C@@H]1C[C@H](F)CN1Cc1nccs1)c1ccccn1. The van der Waals surface area contributed by atoms with Gasteiger partial charge in [0.2, 0.25) is 0 Å². The van der Waals surface area contributed by atoms with Gasteiger partial charge in [0.05, 0.1) is 6.54 Å². The molecule has 1 aliphatic heterocycles. The Kier molecular flexibility index (Phi) is 4.74. The standard InChI is InChI=1S/C15H17FN4OS/c16-11-7-12(20(9-11)10-14-18-5-6-22-14)8-19-15(21)13-3-1-2-4-17-13/h1-6,11-12H,7-10H2,(H,19,21)/t11-,12-/m0/s1. The van der Waals surface area contributed by atoms with Gasteiger partial charge in [0.1, 0.15) is 16.9 Å². The number of alkyl halides is 1. The normalized spacial score (nSPS) is 21.9. The van der Waals surface area contributed by atoms with Crippen LogP contribution in [0.1, 0.15) is 21.9 Å². The summed E-state index contributed by atoms with van der Waals surface area (Å²) in [5, 5.41) is 5.72. The molecule has 0 aromatic carbocycles. The van der Waals surface area contributed by atoms with E-state index in [4.69, 9.17) is 0 Å². The van der Waals surface area contributed by atoms with Gasteiger partial charge in [-0.15, -0.1) is 11.3 Å². The molecule has 5 nitrogen and oxygen atoms in total. The molecule has 1 aliphatic rings. The molecule has 0 aliphatic carbocycles. The fourth-order valence-electron chi connectivity index (χ4n) is 2.63. The summed E-state index contributed by atoms with van der Waals surface area (Å²) < 4.78 is 13.7. The molecule has 3 heterocycles. The molecule has 1 fully saturated rings. The van der Waals surface area contributed by atoms with Crippen LogP contribution in [-0.4, -0.2) is 46.1 Å². The molecule has 3 rings (SSSR count). The molecule has 0 radical (unpaired) electrons. The molecule has 0 saturated carbocycles. The van der Waals surface area contributed by atoms with E-state index in [2.05, 4.69) is 15.3 Å². The van der Waals surface area contributed by atoms with Gasteiger partial charge in [-0.1, -0.05) is 6.07 Å². The van der Waals surface area contributed by atoms with Gasteiger partial charge in [-0.25, -0.2) is 9.37 Å². The van der Waals surface area contributed by atoms with Crippen LogP contribution in [-0.2, 0) is 6.54 Å². The monoisotopic (exact) mass is 320 g/mol. The molecule has 1 saturated heterocycles. The smallest absolute Gasteiger partial charge is 0.269 e. The predicted octanol–water partition coefficient (Wildman–Crippen LogP) is 1.88. The number of likely N-dealkylation sites (tertiary alicyclic amines) is 1. The highest BCUT2D eigenvalue weighted by atomic mass is 32.1. The second-order valence-electron chi connectivity index (χ2n) is 5.27. The van der Waals surface area contributed by atoms with Gasteiger partial charge in [0.15, 0.2) is 0 Å². The van der Waals surface area contributed by atoms with E-state index in [9.17, 15) is 9.18 Å². The number of nitrogens with zero attached hydrogens (tertiary/aromatic N) is 3. The van der Waals surface area contributed by atoms with E-state index >= 15 is 0 Å². The van der Waals surface area contributed by atoms with Gasteiger partial charge in [-0.05, 0) is 18.6 Å². The van der Waals surface area contributed by atoms with E-state index in [1.807, 2.05) is 10.3 Å². The van der Waals surface area contributed by atoms with Crippen molar-refractivity contribution in [2.24, 2.45) is 0 Å². The van der Waals surface area contributed by atoms with Gasteiger partial charge >= 0.3 is 0 Å². The van der Waals surface area contributed by atoms with E-state index in [1.54, 1.807) is 41.9 Å². The summed E-state index contributed by atoms with van der Waals surface area (Å²) in [7, 11) is 0. The molecule has 0 unspecified atom stereocenters. The lowest BCUT2D eigenvalue weighted by Crippen LogP contribution is -2.40. The van der Waals surface area contributed by atoms with Crippen molar-refractivity contribution in [3.63, 3.8) is 0 Å². The maximum absolute atomic E-state index is 13.7. The second-order valence-corrected chi connectivity index (χ2v) is 6.25. The van der Waals surface area contributed by atoms with Gasteiger partial charge in [-0.3, -0.25) is 14.7 Å². The minimum Gasteiger partial charge on any atom is -0.349 e. The van der Waals surface area contributed by atoms with Gasteiger partial charge in [0, 0.05) is 36.9 Å². The van der Waals surface area contributed by atoms with E-state index in [0.29, 0.717) is 31.7 Å². The fraction of sp³-hybridized carbons (Fsp3) is 0.400. The topological polar surface area (TPSA) is 58.1 Å². The first-order valence-corrected chi connectivity index (χ1v) is 8.06. The van der Waals surface area contributed by atoms with Crippen molar-refractivity contribution >= 4 is 17.2 Å². The molecule has 1 N–H and O–H groups in total. The summed E-state index contributed by atoms with van der Waals surface area (Å²) in [5.74, 6) is -0.225. The number of amides is 1. The molecule has 2 aromatic rings. The number of hydrogen-bond donors (Lipinski definition) is 1. The maximum atomic E-state index is 13.7. The molecule has 0 spiro atoms. The first-order chi connectivity index (χ1) is 10.7. The van der Waals surface area contributed by atoms with Crippen molar-refractivity contribution in [2.45, 2.75) is 25.2 Å². The predicted molar refractivity (Wildman–Crippen MR) is 82.4 cm³/mol. The number of rotatable bonds is 5. The third kappa shape index (κ3) is 3.66. The van der Waals surface area contributed by atoms with Crippen LogP contribution in [0.5, 0.6) is 0 Å². The van der Waals surface area contributed by atoms with Crippen LogP contribution in [0.15, 0.2) is 36.0 Å². The number of carbonyl (C=O) groups is 1. The maximum Gasteiger partial charge on any atom is 0.269 e. The van der Waals surface area contributed by atoms with E-state index < -0.39 is 6.17 Å². The van der Waals surface area contributed by atoms with Crippen molar-refractivity contribution in [3.05, 3.63) is 46.7 Å². The second kappa shape index (κ2) is 6.93. The van der Waals surface area contributed by atoms with Crippen LogP contribution in [0.2, 0.25) is 0 Å². The number of pyridine rings is 1. The number of hydrogen-bond acceptors (Lipinski definition) is 5. The quantitative estimate of drug-likeness (QED) is 0.914. The summed E-state index contributed by atoms with van der Waals surface area (Å²) >= 11 is 1.56. The van der Waals surface area contributed by atoms with Crippen LogP contribution in [0.3, 0.4) is 0 Å². The summed E-state index contributed by atoms with van der Waals surface area (Å²) in [4.78, 5) is 22.3. The third-order valence-corrected chi connectivity index (χ3v) is 4.46. The third-order valence-electron chi connectivity index (χ3n) is 3.69. The van der Waals surface area contributed by atoms with E-state index in [0.717, 1.165) is 5.01 Å². The highest BCUT2D eigenvalue weighted by Gasteiger charge is 2.32. The highest BCUT2D eigenvalue weighted by Crippen LogP contribution is 2.23. The lowest BCUT2D eigenvalue weighted by atomic mass is 10.2. The average Bonchev–Trinajstić information content (AvgIpc) is 3.16. The Morgan fingerprint density at radius 1 is 1.41 bits per heavy atom. The first kappa shape index (κ1) is 15.1. The lowest BCUT2D eigenvalue weighted by molar-refractivity contribution is 0.0935. The number of aromatic nitrogens is 2. The summed E-state index contributed by atoms with van der Waals surface area (Å²) in [6, 6.07) is 5.18. The first-order valence-electron chi connectivity index (χ1n) is 7.18. The Morgan fingerprint density at radius 3 is 3.05 bits per heavy atom. The van der Waals surface area contributed by atoms with Crippen molar-refractivity contribution < 1.29 is 9.18 Å². The van der Waals surface area contributed by atoms with Gasteiger partial charge < -0.3 is 5.32 Å². The summed E-state index contributed by atoms with van der Waals surface area (Å²) in [6.07, 6.45) is 2.92. The Bertz CT molecular complexity index is 607. The van der Waals surface area contributed by atoms with Crippen LogP contribution >= 0.6 is 11.3 Å². The van der Waals surface area contributed by atoms with E-state index in [-0.39, 0.29) is 11.9 Å². The minimum atomic E-state index is -0.850. The summed E-state index contributed by atoms with van der Waals surface area (Å²) in [5.41, 5.74) is 0.378.